The molecule has 2 N–H and O–H groups in total. The fourth-order valence-electron chi connectivity index (χ4n) is 2.89. The van der Waals surface area contributed by atoms with Crippen molar-refractivity contribution in [3.8, 4) is 23.3 Å². The number of ether oxygens (including phenoxy) is 1. The van der Waals surface area contributed by atoms with Crippen LogP contribution < -0.4 is 21.5 Å². The van der Waals surface area contributed by atoms with E-state index in [9.17, 15) is 14.4 Å². The summed E-state index contributed by atoms with van der Waals surface area (Å²) in [5, 5.41) is 13.6. The zero-order valence-electron chi connectivity index (χ0n) is 15.7. The highest BCUT2D eigenvalue weighted by Gasteiger charge is 2.15. The molecule has 0 aliphatic heterocycles. The average molecular weight is 456 g/mol. The van der Waals surface area contributed by atoms with E-state index in [4.69, 9.17) is 33.2 Å². The summed E-state index contributed by atoms with van der Waals surface area (Å²) >= 11 is 12.6. The highest BCUT2D eigenvalue weighted by atomic mass is 35.5. The van der Waals surface area contributed by atoms with Gasteiger partial charge in [0.05, 0.1) is 15.7 Å². The molecule has 154 valence electrons. The minimum absolute atomic E-state index is 0.0682. The van der Waals surface area contributed by atoms with Crippen molar-refractivity contribution >= 4 is 34.1 Å². The van der Waals surface area contributed by atoms with Crippen molar-refractivity contribution in [1.82, 2.24) is 19.7 Å². The first-order valence-electron chi connectivity index (χ1n) is 8.71. The Bertz CT molecular complexity index is 1560. The molecular weight excluding hydrogens is 445 g/mol. The van der Waals surface area contributed by atoms with E-state index in [1.54, 1.807) is 37.3 Å². The summed E-state index contributed by atoms with van der Waals surface area (Å²) in [7, 11) is 0. The quantitative estimate of drug-likeness (QED) is 0.487. The van der Waals surface area contributed by atoms with Crippen molar-refractivity contribution in [2.24, 2.45) is 0 Å². The van der Waals surface area contributed by atoms with E-state index in [1.165, 1.54) is 12.1 Å². The van der Waals surface area contributed by atoms with E-state index in [0.29, 0.717) is 16.8 Å². The second-order valence-electron chi connectivity index (χ2n) is 6.50. The largest absolute Gasteiger partial charge is 0.454 e. The van der Waals surface area contributed by atoms with Crippen LogP contribution in [0.3, 0.4) is 0 Å². The number of rotatable bonds is 3. The lowest BCUT2D eigenvalue weighted by Crippen LogP contribution is -2.33. The number of nitrogens with one attached hydrogen (secondary N) is 2. The van der Waals surface area contributed by atoms with Crippen molar-refractivity contribution in [3.63, 3.8) is 0 Å². The van der Waals surface area contributed by atoms with Crippen LogP contribution in [-0.4, -0.2) is 19.7 Å². The molecular formula is C20H11Cl2N5O4. The summed E-state index contributed by atoms with van der Waals surface area (Å²) in [5.74, 6) is 0.548. The second-order valence-corrected chi connectivity index (χ2v) is 7.32. The molecule has 0 aliphatic rings. The first-order valence-corrected chi connectivity index (χ1v) is 9.47. The lowest BCUT2D eigenvalue weighted by Gasteiger charge is -2.12. The third-order valence-corrected chi connectivity index (χ3v) is 4.94. The highest BCUT2D eigenvalue weighted by Crippen LogP contribution is 2.38. The number of benzene rings is 2. The Labute approximate surface area is 183 Å². The molecule has 4 rings (SSSR count). The number of hydrogen-bond acceptors (Lipinski definition) is 6. The van der Waals surface area contributed by atoms with Crippen LogP contribution in [0.5, 0.6) is 11.5 Å². The van der Waals surface area contributed by atoms with Crippen LogP contribution in [0.4, 0.5) is 0 Å². The first-order chi connectivity index (χ1) is 14.8. The van der Waals surface area contributed by atoms with E-state index in [1.807, 2.05) is 4.98 Å². The highest BCUT2D eigenvalue weighted by molar-refractivity contribution is 6.37. The molecule has 2 aromatic heterocycles. The third-order valence-electron chi connectivity index (χ3n) is 4.38. The van der Waals surface area contributed by atoms with Gasteiger partial charge in [0.2, 0.25) is 5.69 Å². The number of hydrogen-bond donors (Lipinski definition) is 2. The lowest BCUT2D eigenvalue weighted by molar-refractivity contribution is 0.483. The van der Waals surface area contributed by atoms with Gasteiger partial charge in [0.15, 0.2) is 5.75 Å². The van der Waals surface area contributed by atoms with E-state index < -0.39 is 16.9 Å². The van der Waals surface area contributed by atoms with E-state index in [2.05, 4.69) is 10.1 Å². The minimum atomic E-state index is -0.895. The van der Waals surface area contributed by atoms with E-state index in [0.717, 1.165) is 10.1 Å². The van der Waals surface area contributed by atoms with Gasteiger partial charge in [-0.2, -0.15) is 9.94 Å². The maximum atomic E-state index is 12.1. The maximum Gasteiger partial charge on any atom is 0.349 e. The van der Waals surface area contributed by atoms with Crippen molar-refractivity contribution in [1.29, 1.82) is 5.26 Å². The van der Waals surface area contributed by atoms with Crippen molar-refractivity contribution in [3.05, 3.63) is 88.9 Å². The second kappa shape index (κ2) is 7.75. The number of aromatic nitrogens is 4. The minimum Gasteiger partial charge on any atom is -0.454 e. The Morgan fingerprint density at radius 2 is 1.74 bits per heavy atom. The number of aryl methyl sites for hydroxylation is 1. The Kier molecular flexibility index (Phi) is 5.10. The molecule has 0 spiro atoms. The molecule has 0 amide bonds. The van der Waals surface area contributed by atoms with Gasteiger partial charge in [0.25, 0.3) is 11.1 Å². The summed E-state index contributed by atoms with van der Waals surface area (Å²) < 4.78 is 6.63. The standard InChI is InChI=1S/C20H11Cl2N5O4/c1-9-4-10-5-12(2-3-15(10)24-18(9)28)31-17-13(21)6-11(7-14(17)22)27-20(30)25-19(29)16(8-23)26-27/h2-7H,1H3,(H,24,28)(H,25,29,30). The number of halogens is 2. The summed E-state index contributed by atoms with van der Waals surface area (Å²) in [4.78, 5) is 40.1. The molecule has 0 saturated carbocycles. The molecule has 0 bridgehead atoms. The number of nitriles is 1. The van der Waals surface area contributed by atoms with Crippen LogP contribution in [0.2, 0.25) is 10.0 Å². The zero-order valence-corrected chi connectivity index (χ0v) is 17.2. The van der Waals surface area contributed by atoms with Gasteiger partial charge in [-0.25, -0.2) is 4.79 Å². The van der Waals surface area contributed by atoms with Gasteiger partial charge >= 0.3 is 5.69 Å². The first kappa shape index (κ1) is 20.4. The maximum absolute atomic E-state index is 12.1. The van der Waals surface area contributed by atoms with Gasteiger partial charge in [-0.1, -0.05) is 23.2 Å². The number of fused-ring (bicyclic) bond motifs is 1. The summed E-state index contributed by atoms with van der Waals surface area (Å²) in [5.41, 5.74) is -1.08. The Hall–Kier alpha value is -3.87. The van der Waals surface area contributed by atoms with Crippen LogP contribution in [0.1, 0.15) is 11.3 Å². The Morgan fingerprint density at radius 1 is 1.03 bits per heavy atom. The van der Waals surface area contributed by atoms with Gasteiger partial charge < -0.3 is 9.72 Å². The third kappa shape index (κ3) is 3.82. The SMILES string of the molecule is Cc1cc2cc(Oc3c(Cl)cc(-n4nc(C#N)c(=O)[nH]c4=O)cc3Cl)ccc2[nH]c1=O. The monoisotopic (exact) mass is 455 g/mol. The Balaban J connectivity index is 1.75. The Morgan fingerprint density at radius 3 is 2.42 bits per heavy atom. The lowest BCUT2D eigenvalue weighted by atomic mass is 10.1. The molecule has 2 heterocycles. The van der Waals surface area contributed by atoms with Gasteiger partial charge in [-0.15, -0.1) is 5.10 Å². The van der Waals surface area contributed by atoms with E-state index >= 15 is 0 Å². The number of H-pyrrole nitrogens is 2. The molecule has 9 nitrogen and oxygen atoms in total. The van der Waals surface area contributed by atoms with Crippen LogP contribution in [0.15, 0.2) is 50.8 Å². The summed E-state index contributed by atoms with van der Waals surface area (Å²) in [6, 6.07) is 11.1. The molecule has 0 atom stereocenters. The van der Waals surface area contributed by atoms with Crippen molar-refractivity contribution in [2.75, 3.05) is 0 Å². The predicted molar refractivity (Wildman–Crippen MR) is 115 cm³/mol. The zero-order chi connectivity index (χ0) is 22.3. The predicted octanol–water partition coefficient (Wildman–Crippen LogP) is 3.04. The van der Waals surface area contributed by atoms with Gasteiger partial charge in [-0.3, -0.25) is 14.6 Å². The molecule has 4 aromatic rings. The molecule has 11 heteroatoms. The molecule has 0 saturated heterocycles. The van der Waals surface area contributed by atoms with E-state index in [-0.39, 0.29) is 27.0 Å². The molecule has 0 unspecified atom stereocenters. The van der Waals surface area contributed by atoms with Gasteiger partial charge in [0, 0.05) is 16.5 Å². The van der Waals surface area contributed by atoms with Crippen LogP contribution in [-0.2, 0) is 0 Å². The molecule has 0 fully saturated rings. The summed E-state index contributed by atoms with van der Waals surface area (Å²) in [6.07, 6.45) is 0. The normalized spacial score (nSPS) is 10.8. The smallest absolute Gasteiger partial charge is 0.349 e. The molecule has 2 aromatic carbocycles. The van der Waals surface area contributed by atoms with Gasteiger partial charge in [0.1, 0.15) is 11.8 Å². The number of nitrogens with zero attached hydrogens (tertiary/aromatic N) is 3. The molecule has 0 radical (unpaired) electrons. The van der Waals surface area contributed by atoms with Crippen molar-refractivity contribution in [2.45, 2.75) is 6.92 Å². The molecule has 31 heavy (non-hydrogen) atoms. The summed E-state index contributed by atoms with van der Waals surface area (Å²) in [6.45, 7) is 1.70. The fraction of sp³-hybridized carbons (Fsp3) is 0.0500. The number of aromatic amines is 2. The van der Waals surface area contributed by atoms with Crippen LogP contribution >= 0.6 is 23.2 Å². The number of pyridine rings is 1. The van der Waals surface area contributed by atoms with Crippen LogP contribution in [0.25, 0.3) is 16.6 Å². The van der Waals surface area contributed by atoms with Gasteiger partial charge in [-0.05, 0) is 43.3 Å². The average Bonchev–Trinajstić information content (AvgIpc) is 2.71. The fourth-order valence-corrected chi connectivity index (χ4v) is 3.44. The van der Waals surface area contributed by atoms with Crippen molar-refractivity contribution < 1.29 is 4.74 Å². The molecule has 0 aliphatic carbocycles. The van der Waals surface area contributed by atoms with Crippen LogP contribution in [0, 0.1) is 18.3 Å². The topological polar surface area (TPSA) is 134 Å².